The van der Waals surface area contributed by atoms with E-state index in [0.29, 0.717) is 5.56 Å². The van der Waals surface area contributed by atoms with E-state index >= 15 is 0 Å². The number of ether oxygens (including phenoxy) is 2. The van der Waals surface area contributed by atoms with Gasteiger partial charge in [-0.25, -0.2) is 4.79 Å². The van der Waals surface area contributed by atoms with E-state index in [0.717, 1.165) is 0 Å². The van der Waals surface area contributed by atoms with E-state index in [1.807, 2.05) is 0 Å². The van der Waals surface area contributed by atoms with Gasteiger partial charge in [-0.3, -0.25) is 0 Å². The van der Waals surface area contributed by atoms with Crippen LogP contribution in [0, 0.1) is 0 Å². The van der Waals surface area contributed by atoms with E-state index in [1.54, 1.807) is 18.2 Å². The molecule has 0 aliphatic rings. The van der Waals surface area contributed by atoms with Crippen LogP contribution in [0.2, 0.25) is 0 Å². The number of hydrogen-bond acceptors (Lipinski definition) is 3. The highest BCUT2D eigenvalue weighted by molar-refractivity contribution is 6.18. The first-order valence-corrected chi connectivity index (χ1v) is 5.14. The van der Waals surface area contributed by atoms with Crippen molar-refractivity contribution in [3.05, 3.63) is 35.4 Å². The van der Waals surface area contributed by atoms with Gasteiger partial charge < -0.3 is 14.6 Å². The van der Waals surface area contributed by atoms with E-state index in [9.17, 15) is 4.79 Å². The third kappa shape index (κ3) is 2.19. The Morgan fingerprint density at radius 1 is 1.38 bits per heavy atom. The summed E-state index contributed by atoms with van der Waals surface area (Å²) in [5.74, 6) is -2.26. The van der Waals surface area contributed by atoms with Crippen LogP contribution in [0.25, 0.3) is 0 Å². The third-order valence-corrected chi connectivity index (χ3v) is 2.76. The quantitative estimate of drug-likeness (QED) is 0.636. The molecule has 16 heavy (non-hydrogen) atoms. The highest BCUT2D eigenvalue weighted by Crippen LogP contribution is 2.30. The smallest absolute Gasteiger partial charge is 0.336 e. The summed E-state index contributed by atoms with van der Waals surface area (Å²) in [6.45, 7) is 0. The molecule has 1 rings (SSSR count). The van der Waals surface area contributed by atoms with Gasteiger partial charge in [-0.05, 0) is 6.07 Å². The van der Waals surface area contributed by atoms with Crippen molar-refractivity contribution in [3.63, 3.8) is 0 Å². The third-order valence-electron chi connectivity index (χ3n) is 2.40. The topological polar surface area (TPSA) is 55.8 Å². The van der Waals surface area contributed by atoms with Crippen LogP contribution < -0.4 is 0 Å². The van der Waals surface area contributed by atoms with Crippen molar-refractivity contribution in [1.82, 2.24) is 0 Å². The highest BCUT2D eigenvalue weighted by Gasteiger charge is 2.34. The minimum Gasteiger partial charge on any atom is -0.478 e. The van der Waals surface area contributed by atoms with Gasteiger partial charge in [0, 0.05) is 19.8 Å². The second-order valence-corrected chi connectivity index (χ2v) is 3.41. The number of rotatable bonds is 5. The predicted octanol–water partition coefficient (Wildman–Crippen LogP) is 2.07. The van der Waals surface area contributed by atoms with Crippen molar-refractivity contribution in [3.8, 4) is 0 Å². The average Bonchev–Trinajstić information content (AvgIpc) is 2.32. The van der Waals surface area contributed by atoms with E-state index in [4.69, 9.17) is 26.2 Å². The first-order chi connectivity index (χ1) is 7.61. The maximum atomic E-state index is 11.1. The van der Waals surface area contributed by atoms with Crippen LogP contribution in [0.1, 0.15) is 15.9 Å². The SMILES string of the molecule is COC(CCl)(OC)c1ccccc1C(=O)O. The molecule has 1 aromatic carbocycles. The molecule has 0 saturated carbocycles. The molecule has 0 bridgehead atoms. The van der Waals surface area contributed by atoms with Gasteiger partial charge >= 0.3 is 5.97 Å². The zero-order valence-electron chi connectivity index (χ0n) is 9.07. The Hall–Kier alpha value is -1.10. The first kappa shape index (κ1) is 13.0. The summed E-state index contributed by atoms with van der Waals surface area (Å²) < 4.78 is 10.4. The molecule has 0 heterocycles. The second kappa shape index (κ2) is 5.30. The minimum absolute atomic E-state index is 0.00426. The minimum atomic E-state index is -1.23. The Labute approximate surface area is 98.7 Å². The van der Waals surface area contributed by atoms with Crippen molar-refractivity contribution in [2.75, 3.05) is 20.1 Å². The molecule has 0 aliphatic carbocycles. The molecule has 5 heteroatoms. The summed E-state index contributed by atoms with van der Waals surface area (Å²) in [5.41, 5.74) is 0.523. The van der Waals surface area contributed by atoms with Crippen LogP contribution in [0.4, 0.5) is 0 Å². The van der Waals surface area contributed by atoms with Gasteiger partial charge in [-0.1, -0.05) is 18.2 Å². The van der Waals surface area contributed by atoms with Gasteiger partial charge in [-0.15, -0.1) is 11.6 Å². The molecule has 4 nitrogen and oxygen atoms in total. The number of hydrogen-bond donors (Lipinski definition) is 1. The van der Waals surface area contributed by atoms with Crippen molar-refractivity contribution < 1.29 is 19.4 Å². The lowest BCUT2D eigenvalue weighted by Crippen LogP contribution is -2.34. The van der Waals surface area contributed by atoms with Gasteiger partial charge in [0.15, 0.2) is 0 Å². The summed E-state index contributed by atoms with van der Waals surface area (Å²) in [6, 6.07) is 6.45. The molecular formula is C11H13ClO4. The number of aromatic carboxylic acids is 1. The Morgan fingerprint density at radius 2 is 1.94 bits per heavy atom. The van der Waals surface area contributed by atoms with E-state index < -0.39 is 11.8 Å². The molecule has 88 valence electrons. The van der Waals surface area contributed by atoms with Crippen LogP contribution in [-0.2, 0) is 15.3 Å². The Balaban J connectivity index is 3.34. The van der Waals surface area contributed by atoms with Crippen molar-refractivity contribution in [2.24, 2.45) is 0 Å². The second-order valence-electron chi connectivity index (χ2n) is 3.15. The summed E-state index contributed by atoms with van der Waals surface area (Å²) in [5, 5.41) is 9.06. The van der Waals surface area contributed by atoms with Crippen LogP contribution >= 0.6 is 11.6 Å². The lowest BCUT2D eigenvalue weighted by atomic mass is 10.0. The molecule has 0 amide bonds. The molecule has 0 spiro atoms. The molecule has 0 aromatic heterocycles. The monoisotopic (exact) mass is 244 g/mol. The predicted molar refractivity (Wildman–Crippen MR) is 59.8 cm³/mol. The summed E-state index contributed by atoms with van der Waals surface area (Å²) in [6.07, 6.45) is 0. The number of halogens is 1. The number of carboxylic acid groups (broad SMARTS) is 1. The maximum Gasteiger partial charge on any atom is 0.336 e. The number of alkyl halides is 1. The van der Waals surface area contributed by atoms with Crippen LogP contribution in [0.15, 0.2) is 24.3 Å². The molecule has 0 unspecified atom stereocenters. The molecule has 1 aromatic rings. The zero-order chi connectivity index (χ0) is 12.2. The summed E-state index contributed by atoms with van der Waals surface area (Å²) in [4.78, 5) is 11.1. The maximum absolute atomic E-state index is 11.1. The lowest BCUT2D eigenvalue weighted by Gasteiger charge is -2.30. The van der Waals surface area contributed by atoms with Gasteiger partial charge in [0.1, 0.15) is 0 Å². The van der Waals surface area contributed by atoms with Crippen molar-refractivity contribution in [1.29, 1.82) is 0 Å². The Morgan fingerprint density at radius 3 is 2.38 bits per heavy atom. The molecular weight excluding hydrogens is 232 g/mol. The number of carboxylic acids is 1. The normalized spacial score (nSPS) is 11.4. The van der Waals surface area contributed by atoms with E-state index in [2.05, 4.69) is 0 Å². The zero-order valence-corrected chi connectivity index (χ0v) is 9.82. The molecule has 0 aliphatic heterocycles. The van der Waals surface area contributed by atoms with Crippen LogP contribution in [0.5, 0.6) is 0 Å². The van der Waals surface area contributed by atoms with Gasteiger partial charge in [-0.2, -0.15) is 0 Å². The lowest BCUT2D eigenvalue weighted by molar-refractivity contribution is -0.199. The average molecular weight is 245 g/mol. The van der Waals surface area contributed by atoms with Crippen LogP contribution in [-0.4, -0.2) is 31.2 Å². The fourth-order valence-corrected chi connectivity index (χ4v) is 1.85. The first-order valence-electron chi connectivity index (χ1n) is 4.60. The molecule has 0 atom stereocenters. The molecule has 1 N–H and O–H groups in total. The van der Waals surface area contributed by atoms with Crippen molar-refractivity contribution in [2.45, 2.75) is 5.79 Å². The standard InChI is InChI=1S/C11H13ClO4/c1-15-11(7-12,16-2)9-6-4-3-5-8(9)10(13)14/h3-6H,7H2,1-2H3,(H,13,14). The van der Waals surface area contributed by atoms with Gasteiger partial charge in [0.05, 0.1) is 11.4 Å². The van der Waals surface area contributed by atoms with Crippen molar-refractivity contribution >= 4 is 17.6 Å². The number of carbonyl (C=O) groups is 1. The Bertz CT molecular complexity index is 366. The highest BCUT2D eigenvalue weighted by atomic mass is 35.5. The summed E-state index contributed by atoms with van der Waals surface area (Å²) in [7, 11) is 2.84. The fourth-order valence-electron chi connectivity index (χ4n) is 1.49. The fraction of sp³-hybridized carbons (Fsp3) is 0.364. The van der Waals surface area contributed by atoms with Gasteiger partial charge in [0.25, 0.3) is 0 Å². The summed E-state index contributed by atoms with van der Waals surface area (Å²) >= 11 is 5.79. The van der Waals surface area contributed by atoms with E-state index in [-0.39, 0.29) is 11.4 Å². The largest absolute Gasteiger partial charge is 0.478 e. The Kier molecular flexibility index (Phi) is 4.29. The molecule has 0 saturated heterocycles. The van der Waals surface area contributed by atoms with Crippen LogP contribution in [0.3, 0.4) is 0 Å². The number of benzene rings is 1. The molecule has 0 radical (unpaired) electrons. The van der Waals surface area contributed by atoms with E-state index in [1.165, 1.54) is 20.3 Å². The number of methoxy groups -OCH3 is 2. The van der Waals surface area contributed by atoms with Gasteiger partial charge in [0.2, 0.25) is 5.79 Å². The molecule has 0 fully saturated rings.